The zero-order valence-corrected chi connectivity index (χ0v) is 23.3. The molecule has 0 heterocycles. The topological polar surface area (TPSA) is 3.24 Å². The lowest BCUT2D eigenvalue weighted by Gasteiger charge is -2.22. The first kappa shape index (κ1) is 29.2. The molecule has 0 saturated heterocycles. The lowest BCUT2D eigenvalue weighted by atomic mass is 10.0. The van der Waals surface area contributed by atoms with Crippen molar-refractivity contribution in [3.8, 4) is 0 Å². The molecular weight excluding hydrogens is 446 g/mol. The molecule has 0 atom stereocenters. The van der Waals surface area contributed by atoms with Crippen LogP contribution in [0.5, 0.6) is 0 Å². The quantitative estimate of drug-likeness (QED) is 0.132. The van der Waals surface area contributed by atoms with E-state index in [1.807, 2.05) is 0 Å². The predicted octanol–water partition coefficient (Wildman–Crippen LogP) is 9.70. The Morgan fingerprint density at radius 1 is 0.297 bits per heavy atom. The second-order valence-electron chi connectivity index (χ2n) is 10.8. The SMILES string of the molecule is c1ccc(CCCCCCN(CCCCCCc2ccccc2)CCCCCCc2ccccc2)cc1. The molecule has 3 aromatic rings. The summed E-state index contributed by atoms with van der Waals surface area (Å²) < 4.78 is 0. The van der Waals surface area contributed by atoms with E-state index in [2.05, 4.69) is 95.9 Å². The number of nitrogens with zero attached hydrogens (tertiary/aromatic N) is 1. The first-order valence-electron chi connectivity index (χ1n) is 15.2. The molecule has 0 amide bonds. The van der Waals surface area contributed by atoms with E-state index >= 15 is 0 Å². The number of unbranched alkanes of at least 4 members (excludes halogenated alkanes) is 9. The predicted molar refractivity (Wildman–Crippen MR) is 162 cm³/mol. The molecule has 0 radical (unpaired) electrons. The Balaban J connectivity index is 1.26. The summed E-state index contributed by atoms with van der Waals surface area (Å²) in [6.07, 6.45) is 20.0. The van der Waals surface area contributed by atoms with Gasteiger partial charge in [0.05, 0.1) is 0 Å². The Labute approximate surface area is 228 Å². The molecule has 200 valence electrons. The van der Waals surface area contributed by atoms with Gasteiger partial charge in [0, 0.05) is 0 Å². The van der Waals surface area contributed by atoms with Crippen molar-refractivity contribution in [1.82, 2.24) is 4.90 Å². The first-order valence-corrected chi connectivity index (χ1v) is 15.2. The van der Waals surface area contributed by atoms with Crippen molar-refractivity contribution in [2.24, 2.45) is 0 Å². The van der Waals surface area contributed by atoms with Gasteiger partial charge in [-0.3, -0.25) is 0 Å². The fourth-order valence-corrected chi connectivity index (χ4v) is 5.32. The van der Waals surface area contributed by atoms with Gasteiger partial charge in [0.1, 0.15) is 0 Å². The number of hydrogen-bond acceptors (Lipinski definition) is 1. The van der Waals surface area contributed by atoms with Gasteiger partial charge < -0.3 is 4.90 Å². The average Bonchev–Trinajstić information content (AvgIpc) is 2.95. The zero-order chi connectivity index (χ0) is 25.6. The molecular formula is C36H51N. The molecule has 3 aromatic carbocycles. The summed E-state index contributed by atoms with van der Waals surface area (Å²) in [7, 11) is 0. The van der Waals surface area contributed by atoms with Crippen LogP contribution >= 0.6 is 0 Å². The molecule has 0 saturated carbocycles. The van der Waals surface area contributed by atoms with Gasteiger partial charge >= 0.3 is 0 Å². The van der Waals surface area contributed by atoms with Gasteiger partial charge in [0.2, 0.25) is 0 Å². The molecule has 0 aromatic heterocycles. The number of rotatable bonds is 21. The van der Waals surface area contributed by atoms with Crippen LogP contribution in [-0.2, 0) is 19.3 Å². The van der Waals surface area contributed by atoms with Crippen molar-refractivity contribution in [2.45, 2.75) is 96.3 Å². The third-order valence-corrected chi connectivity index (χ3v) is 7.60. The molecule has 1 heteroatoms. The van der Waals surface area contributed by atoms with Crippen molar-refractivity contribution in [3.05, 3.63) is 108 Å². The molecule has 0 bridgehead atoms. The van der Waals surface area contributed by atoms with Crippen molar-refractivity contribution < 1.29 is 0 Å². The fraction of sp³-hybridized carbons (Fsp3) is 0.500. The van der Waals surface area contributed by atoms with Crippen LogP contribution in [-0.4, -0.2) is 24.5 Å². The van der Waals surface area contributed by atoms with Crippen LogP contribution in [0.15, 0.2) is 91.0 Å². The van der Waals surface area contributed by atoms with Crippen molar-refractivity contribution in [1.29, 1.82) is 0 Å². The van der Waals surface area contributed by atoms with Crippen molar-refractivity contribution in [2.75, 3.05) is 19.6 Å². The largest absolute Gasteiger partial charge is 0.303 e. The van der Waals surface area contributed by atoms with E-state index in [1.54, 1.807) is 0 Å². The lowest BCUT2D eigenvalue weighted by Crippen LogP contribution is -2.27. The maximum Gasteiger partial charge on any atom is -0.00187 e. The highest BCUT2D eigenvalue weighted by Gasteiger charge is 2.05. The van der Waals surface area contributed by atoms with Gasteiger partial charge in [-0.15, -0.1) is 0 Å². The van der Waals surface area contributed by atoms with Gasteiger partial charge in [-0.1, -0.05) is 130 Å². The Morgan fingerprint density at radius 3 is 0.865 bits per heavy atom. The van der Waals surface area contributed by atoms with E-state index in [9.17, 15) is 0 Å². The lowest BCUT2D eigenvalue weighted by molar-refractivity contribution is 0.254. The normalized spacial score (nSPS) is 11.3. The summed E-state index contributed by atoms with van der Waals surface area (Å²) >= 11 is 0. The maximum atomic E-state index is 2.78. The van der Waals surface area contributed by atoms with E-state index in [1.165, 1.54) is 133 Å². The molecule has 1 nitrogen and oxygen atoms in total. The maximum absolute atomic E-state index is 2.78. The number of aryl methyl sites for hydroxylation is 3. The summed E-state index contributed by atoms with van der Waals surface area (Å²) in [4.78, 5) is 2.78. The van der Waals surface area contributed by atoms with Crippen LogP contribution in [0.4, 0.5) is 0 Å². The number of hydrogen-bond donors (Lipinski definition) is 0. The molecule has 0 aliphatic heterocycles. The molecule has 3 rings (SSSR count). The third-order valence-electron chi connectivity index (χ3n) is 7.60. The van der Waals surface area contributed by atoms with E-state index < -0.39 is 0 Å². The summed E-state index contributed by atoms with van der Waals surface area (Å²) in [6.45, 7) is 3.87. The van der Waals surface area contributed by atoms with Gasteiger partial charge in [-0.05, 0) is 94.1 Å². The second-order valence-corrected chi connectivity index (χ2v) is 10.8. The third kappa shape index (κ3) is 14.2. The van der Waals surface area contributed by atoms with Gasteiger partial charge in [-0.2, -0.15) is 0 Å². The second kappa shape index (κ2) is 19.7. The highest BCUT2D eigenvalue weighted by Crippen LogP contribution is 2.13. The Hall–Kier alpha value is -2.38. The van der Waals surface area contributed by atoms with Gasteiger partial charge in [0.15, 0.2) is 0 Å². The van der Waals surface area contributed by atoms with Crippen LogP contribution in [0.1, 0.15) is 93.7 Å². The summed E-state index contributed by atoms with van der Waals surface area (Å²) in [5.41, 5.74) is 4.47. The van der Waals surface area contributed by atoms with Gasteiger partial charge in [-0.25, -0.2) is 0 Å². The summed E-state index contributed by atoms with van der Waals surface area (Å²) in [5, 5.41) is 0. The van der Waals surface area contributed by atoms with Crippen LogP contribution in [0.25, 0.3) is 0 Å². The Kier molecular flexibility index (Phi) is 15.5. The molecule has 0 spiro atoms. The van der Waals surface area contributed by atoms with Crippen molar-refractivity contribution >= 4 is 0 Å². The van der Waals surface area contributed by atoms with Crippen LogP contribution in [0, 0.1) is 0 Å². The molecule has 0 N–H and O–H groups in total. The monoisotopic (exact) mass is 497 g/mol. The van der Waals surface area contributed by atoms with E-state index in [-0.39, 0.29) is 0 Å². The molecule has 0 aliphatic rings. The standard InChI is InChI=1S/C36H51N/c1(10-22-34-25-13-7-14-26-34)4-19-31-37(32-20-5-2-11-23-35-27-15-8-16-28-35)33-21-6-3-12-24-36-29-17-9-18-30-36/h7-9,13-18,25-30H,1-6,10-12,19-24,31-33H2. The Morgan fingerprint density at radius 2 is 0.568 bits per heavy atom. The minimum absolute atomic E-state index is 1.23. The minimum atomic E-state index is 1.23. The average molecular weight is 498 g/mol. The minimum Gasteiger partial charge on any atom is -0.303 e. The first-order chi connectivity index (χ1) is 18.4. The zero-order valence-electron chi connectivity index (χ0n) is 23.3. The van der Waals surface area contributed by atoms with E-state index in [0.29, 0.717) is 0 Å². The molecule has 0 unspecified atom stereocenters. The van der Waals surface area contributed by atoms with Gasteiger partial charge in [0.25, 0.3) is 0 Å². The van der Waals surface area contributed by atoms with E-state index in [0.717, 1.165) is 0 Å². The molecule has 37 heavy (non-hydrogen) atoms. The van der Waals surface area contributed by atoms with Crippen LogP contribution in [0.2, 0.25) is 0 Å². The van der Waals surface area contributed by atoms with E-state index in [4.69, 9.17) is 0 Å². The van der Waals surface area contributed by atoms with Crippen LogP contribution < -0.4 is 0 Å². The summed E-state index contributed by atoms with van der Waals surface area (Å²) in [5.74, 6) is 0. The molecule has 0 fully saturated rings. The molecule has 0 aliphatic carbocycles. The highest BCUT2D eigenvalue weighted by molar-refractivity contribution is 5.15. The van der Waals surface area contributed by atoms with Crippen molar-refractivity contribution in [3.63, 3.8) is 0 Å². The fourth-order valence-electron chi connectivity index (χ4n) is 5.32. The Bertz CT molecular complexity index is 767. The highest BCUT2D eigenvalue weighted by atomic mass is 15.1. The number of benzene rings is 3. The summed E-state index contributed by atoms with van der Waals surface area (Å²) in [6, 6.07) is 32.9. The smallest absolute Gasteiger partial charge is 0.00187 e. The van der Waals surface area contributed by atoms with Crippen LogP contribution in [0.3, 0.4) is 0 Å².